The van der Waals surface area contributed by atoms with Gasteiger partial charge in [-0.05, 0) is 19.1 Å². The van der Waals surface area contributed by atoms with Crippen LogP contribution < -0.4 is 5.73 Å². The van der Waals surface area contributed by atoms with Crippen LogP contribution in [0.4, 0.5) is 0 Å². The highest BCUT2D eigenvalue weighted by Crippen LogP contribution is 2.16. The Morgan fingerprint density at radius 3 is 2.25 bits per heavy atom. The van der Waals surface area contributed by atoms with Crippen molar-refractivity contribution in [3.05, 3.63) is 23.5 Å². The van der Waals surface area contributed by atoms with E-state index in [4.69, 9.17) is 5.73 Å². The number of nitrogens with two attached hydrogens (primary N) is 1. The maximum Gasteiger partial charge on any atom is 0.112 e. The Labute approximate surface area is 70.2 Å². The Balaban J connectivity index is 2.49. The van der Waals surface area contributed by atoms with Gasteiger partial charge >= 0.3 is 0 Å². The van der Waals surface area contributed by atoms with Gasteiger partial charge in [-0.25, -0.2) is 0 Å². The third-order valence-electron chi connectivity index (χ3n) is 1.80. The molecule has 0 spiro atoms. The fraction of sp³-hybridized carbons (Fsp3) is 0.250. The summed E-state index contributed by atoms with van der Waals surface area (Å²) < 4.78 is 0. The molecule has 0 saturated carbocycles. The minimum Gasteiger partial charge on any atom is -0.319 e. The predicted molar refractivity (Wildman–Crippen MR) is 47.0 cm³/mol. The summed E-state index contributed by atoms with van der Waals surface area (Å²) in [4.78, 5) is 0. The van der Waals surface area contributed by atoms with E-state index >= 15 is 0 Å². The summed E-state index contributed by atoms with van der Waals surface area (Å²) >= 11 is 0. The van der Waals surface area contributed by atoms with Gasteiger partial charge in [0.1, 0.15) is 11.4 Å². The van der Waals surface area contributed by atoms with Crippen molar-refractivity contribution in [2.75, 3.05) is 0 Å². The Bertz CT molecular complexity index is 315. The molecule has 0 radical (unpaired) electrons. The van der Waals surface area contributed by atoms with Crippen molar-refractivity contribution in [1.82, 2.24) is 15.4 Å². The molecule has 0 unspecified atom stereocenters. The Morgan fingerprint density at radius 2 is 1.75 bits per heavy atom. The van der Waals surface area contributed by atoms with Crippen molar-refractivity contribution in [3.8, 4) is 0 Å². The van der Waals surface area contributed by atoms with Crippen LogP contribution in [0.2, 0.25) is 0 Å². The second-order valence-electron chi connectivity index (χ2n) is 3.13. The zero-order valence-corrected chi connectivity index (χ0v) is 6.78. The summed E-state index contributed by atoms with van der Waals surface area (Å²) in [6.07, 6.45) is 7.55. The average Bonchev–Trinajstić information content (AvgIpc) is 2.40. The number of nitrogens with zero attached hydrogens (tertiary/aromatic N) is 2. The first-order valence-corrected chi connectivity index (χ1v) is 3.75. The number of hydrogen-bond donors (Lipinski definition) is 2. The standard InChI is InChI=1S/C8H10N4/c1-8(9)4-2-6-7(3-5-8)11-12-10-6/h2-5H,9H2,1H3,(H,10,11,12). The number of rotatable bonds is 0. The van der Waals surface area contributed by atoms with Crippen LogP contribution in [0, 0.1) is 0 Å². The second kappa shape index (κ2) is 2.28. The van der Waals surface area contributed by atoms with Crippen LogP contribution in [-0.2, 0) is 0 Å². The van der Waals surface area contributed by atoms with Crippen molar-refractivity contribution < 1.29 is 0 Å². The van der Waals surface area contributed by atoms with E-state index in [1.165, 1.54) is 0 Å². The van der Waals surface area contributed by atoms with Gasteiger partial charge in [0, 0.05) is 0 Å². The van der Waals surface area contributed by atoms with E-state index in [9.17, 15) is 0 Å². The molecular weight excluding hydrogens is 152 g/mol. The highest BCUT2D eigenvalue weighted by molar-refractivity contribution is 5.64. The lowest BCUT2D eigenvalue weighted by Gasteiger charge is -2.12. The van der Waals surface area contributed by atoms with Gasteiger partial charge in [-0.15, -0.1) is 0 Å². The molecule has 4 nitrogen and oxygen atoms in total. The van der Waals surface area contributed by atoms with Crippen molar-refractivity contribution in [2.24, 2.45) is 5.73 Å². The van der Waals surface area contributed by atoms with E-state index in [1.54, 1.807) is 0 Å². The molecule has 0 aromatic carbocycles. The lowest BCUT2D eigenvalue weighted by molar-refractivity contribution is 0.742. The number of nitrogens with one attached hydrogen (secondary N) is 1. The molecule has 4 heteroatoms. The molecule has 1 aromatic rings. The smallest absolute Gasteiger partial charge is 0.112 e. The summed E-state index contributed by atoms with van der Waals surface area (Å²) in [7, 11) is 0. The van der Waals surface area contributed by atoms with E-state index in [2.05, 4.69) is 15.4 Å². The quantitative estimate of drug-likeness (QED) is 0.585. The van der Waals surface area contributed by atoms with Crippen LogP contribution in [0.25, 0.3) is 12.2 Å². The molecule has 1 aliphatic rings. The molecule has 0 fully saturated rings. The van der Waals surface area contributed by atoms with Gasteiger partial charge in [0.15, 0.2) is 0 Å². The molecule has 0 bridgehead atoms. The summed E-state index contributed by atoms with van der Waals surface area (Å²) in [5, 5.41) is 10.5. The van der Waals surface area contributed by atoms with Crippen LogP contribution in [0.15, 0.2) is 12.2 Å². The molecule has 0 atom stereocenters. The van der Waals surface area contributed by atoms with Gasteiger partial charge in [-0.2, -0.15) is 15.4 Å². The Morgan fingerprint density at radius 1 is 1.25 bits per heavy atom. The minimum absolute atomic E-state index is 0.393. The SMILES string of the molecule is CC1(N)C=Cc2n[nH]nc2C=C1. The summed E-state index contributed by atoms with van der Waals surface area (Å²) in [5.41, 5.74) is 7.15. The normalized spacial score (nSPS) is 18.8. The molecular formula is C8H10N4. The van der Waals surface area contributed by atoms with Crippen molar-refractivity contribution in [2.45, 2.75) is 12.5 Å². The highest BCUT2D eigenvalue weighted by Gasteiger charge is 2.14. The topological polar surface area (TPSA) is 67.6 Å². The van der Waals surface area contributed by atoms with Crippen molar-refractivity contribution >= 4 is 12.2 Å². The van der Waals surface area contributed by atoms with E-state index in [0.717, 1.165) is 11.4 Å². The average molecular weight is 162 g/mol. The summed E-state index contributed by atoms with van der Waals surface area (Å²) in [5.74, 6) is 0. The zero-order valence-electron chi connectivity index (χ0n) is 6.78. The van der Waals surface area contributed by atoms with Gasteiger partial charge in [-0.1, -0.05) is 12.2 Å². The number of fused-ring (bicyclic) bond motifs is 1. The maximum absolute atomic E-state index is 5.88. The van der Waals surface area contributed by atoms with Crippen LogP contribution in [0.1, 0.15) is 18.3 Å². The van der Waals surface area contributed by atoms with Gasteiger partial charge in [0.25, 0.3) is 0 Å². The molecule has 1 aliphatic carbocycles. The molecule has 0 amide bonds. The van der Waals surface area contributed by atoms with E-state index < -0.39 is 5.54 Å². The third kappa shape index (κ3) is 1.16. The number of aromatic nitrogens is 3. The largest absolute Gasteiger partial charge is 0.319 e. The van der Waals surface area contributed by atoms with E-state index in [1.807, 2.05) is 31.2 Å². The fourth-order valence-electron chi connectivity index (χ4n) is 1.07. The lowest BCUT2D eigenvalue weighted by atomic mass is 10.0. The molecule has 2 rings (SSSR count). The molecule has 62 valence electrons. The van der Waals surface area contributed by atoms with E-state index in [-0.39, 0.29) is 0 Å². The molecule has 12 heavy (non-hydrogen) atoms. The summed E-state index contributed by atoms with van der Waals surface area (Å²) in [6, 6.07) is 0. The van der Waals surface area contributed by atoms with Crippen molar-refractivity contribution in [1.29, 1.82) is 0 Å². The van der Waals surface area contributed by atoms with Gasteiger partial charge in [0.05, 0.1) is 5.54 Å². The highest BCUT2D eigenvalue weighted by atomic mass is 15.3. The number of H-pyrrole nitrogens is 1. The van der Waals surface area contributed by atoms with Crippen LogP contribution >= 0.6 is 0 Å². The van der Waals surface area contributed by atoms with Gasteiger partial charge in [0.2, 0.25) is 0 Å². The fourth-order valence-corrected chi connectivity index (χ4v) is 1.07. The first-order valence-electron chi connectivity index (χ1n) is 3.75. The van der Waals surface area contributed by atoms with Crippen molar-refractivity contribution in [3.63, 3.8) is 0 Å². The number of hydrogen-bond acceptors (Lipinski definition) is 3. The minimum atomic E-state index is -0.393. The first kappa shape index (κ1) is 7.24. The van der Waals surface area contributed by atoms with Crippen LogP contribution in [-0.4, -0.2) is 20.9 Å². The Hall–Kier alpha value is -1.42. The molecule has 3 N–H and O–H groups in total. The van der Waals surface area contributed by atoms with Crippen LogP contribution in [0.5, 0.6) is 0 Å². The van der Waals surface area contributed by atoms with E-state index in [0.29, 0.717) is 0 Å². The van der Waals surface area contributed by atoms with Crippen LogP contribution in [0.3, 0.4) is 0 Å². The lowest BCUT2D eigenvalue weighted by Crippen LogP contribution is -2.30. The predicted octanol–water partition coefficient (Wildman–Crippen LogP) is 0.562. The summed E-state index contributed by atoms with van der Waals surface area (Å²) in [6.45, 7) is 1.93. The monoisotopic (exact) mass is 162 g/mol. The molecule has 1 heterocycles. The maximum atomic E-state index is 5.88. The third-order valence-corrected chi connectivity index (χ3v) is 1.80. The molecule has 0 saturated heterocycles. The zero-order chi connectivity index (χ0) is 8.60. The first-order chi connectivity index (χ1) is 5.67. The Kier molecular flexibility index (Phi) is 1.38. The number of aromatic amines is 1. The second-order valence-corrected chi connectivity index (χ2v) is 3.13. The van der Waals surface area contributed by atoms with Gasteiger partial charge in [-0.3, -0.25) is 0 Å². The molecule has 1 aromatic heterocycles. The van der Waals surface area contributed by atoms with Gasteiger partial charge < -0.3 is 5.73 Å². The molecule has 0 aliphatic heterocycles.